The number of aromatic nitrogens is 1. The summed E-state index contributed by atoms with van der Waals surface area (Å²) in [5.74, 6) is -0.776. The number of pyridine rings is 1. The van der Waals surface area contributed by atoms with Crippen LogP contribution in [0.4, 0.5) is 13.2 Å². The van der Waals surface area contributed by atoms with Crippen LogP contribution in [-0.2, 0) is 0 Å². The van der Waals surface area contributed by atoms with E-state index >= 15 is 0 Å². The minimum absolute atomic E-state index is 0.122. The molecule has 1 aromatic heterocycles. The minimum atomic E-state index is -4.45. The molecule has 1 heterocycles. The topological polar surface area (TPSA) is 42.0 Å². The second-order valence-corrected chi connectivity index (χ2v) is 4.45. The molecular weight excluding hydrogens is 269 g/mol. The number of nitrogens with zero attached hydrogens (tertiary/aromatic N) is 1. The number of nitrogens with one attached hydrogen (secondary N) is 1. The van der Waals surface area contributed by atoms with Crippen LogP contribution >= 0.6 is 11.6 Å². The fraction of sp³-hybridized carbons (Fsp3) is 0.455. The molecule has 0 radical (unpaired) electrons. The Kier molecular flexibility index (Phi) is 4.56. The fourth-order valence-electron chi connectivity index (χ4n) is 1.26. The first-order valence-electron chi connectivity index (χ1n) is 5.21. The molecule has 0 unspecified atom stereocenters. The van der Waals surface area contributed by atoms with Crippen molar-refractivity contribution in [3.8, 4) is 0 Å². The summed E-state index contributed by atoms with van der Waals surface area (Å²) >= 11 is 5.92. The normalized spacial score (nSPS) is 11.7. The van der Waals surface area contributed by atoms with Crippen molar-refractivity contribution in [3.05, 3.63) is 28.5 Å². The van der Waals surface area contributed by atoms with Gasteiger partial charge in [-0.25, -0.2) is 0 Å². The van der Waals surface area contributed by atoms with Crippen molar-refractivity contribution in [2.75, 3.05) is 6.54 Å². The van der Waals surface area contributed by atoms with Gasteiger partial charge in [0.2, 0.25) is 0 Å². The van der Waals surface area contributed by atoms with Gasteiger partial charge in [0.25, 0.3) is 5.91 Å². The highest BCUT2D eigenvalue weighted by Gasteiger charge is 2.28. The molecule has 0 aliphatic carbocycles. The maximum absolute atomic E-state index is 11.9. The molecule has 3 nitrogen and oxygen atoms in total. The lowest BCUT2D eigenvalue weighted by atomic mass is 10.1. The number of carbonyl (C=O) groups is 1. The Bertz CT molecular complexity index is 446. The van der Waals surface area contributed by atoms with Crippen molar-refractivity contribution >= 4 is 17.5 Å². The highest BCUT2D eigenvalue weighted by molar-refractivity contribution is 6.31. The smallest absolute Gasteiger partial charge is 0.342 e. The van der Waals surface area contributed by atoms with Gasteiger partial charge in [0.05, 0.1) is 0 Å². The molecule has 7 heteroatoms. The molecule has 0 aromatic carbocycles. The largest absolute Gasteiger partial charge is 0.405 e. The Morgan fingerprint density at radius 2 is 2.11 bits per heavy atom. The average Bonchev–Trinajstić information content (AvgIpc) is 2.24. The second kappa shape index (κ2) is 5.56. The minimum Gasteiger partial charge on any atom is -0.342 e. The van der Waals surface area contributed by atoms with Crippen LogP contribution in [0.1, 0.15) is 35.8 Å². The summed E-state index contributed by atoms with van der Waals surface area (Å²) in [4.78, 5) is 15.2. The Hall–Kier alpha value is -1.30. The molecule has 100 valence electrons. The van der Waals surface area contributed by atoms with Gasteiger partial charge in [-0.1, -0.05) is 25.4 Å². The Labute approximate surface area is 107 Å². The molecule has 18 heavy (non-hydrogen) atoms. The summed E-state index contributed by atoms with van der Waals surface area (Å²) < 4.78 is 35.8. The van der Waals surface area contributed by atoms with Crippen LogP contribution in [0.2, 0.25) is 5.02 Å². The summed E-state index contributed by atoms with van der Waals surface area (Å²) in [7, 11) is 0. The first kappa shape index (κ1) is 14.8. The molecule has 1 rings (SSSR count). The van der Waals surface area contributed by atoms with Crippen LogP contribution in [0.3, 0.4) is 0 Å². The second-order valence-electron chi connectivity index (χ2n) is 4.04. The summed E-state index contributed by atoms with van der Waals surface area (Å²) in [5.41, 5.74) is 0.609. The monoisotopic (exact) mass is 280 g/mol. The predicted octanol–water partition coefficient (Wildman–Crippen LogP) is 3.15. The summed E-state index contributed by atoms with van der Waals surface area (Å²) in [5, 5.41) is 2.05. The lowest BCUT2D eigenvalue weighted by Gasteiger charge is -2.10. The number of alkyl halides is 3. The molecule has 0 aliphatic heterocycles. The van der Waals surface area contributed by atoms with Crippen molar-refractivity contribution in [3.63, 3.8) is 0 Å². The van der Waals surface area contributed by atoms with E-state index in [4.69, 9.17) is 11.6 Å². The maximum atomic E-state index is 11.9. The molecule has 1 aromatic rings. The van der Waals surface area contributed by atoms with E-state index in [9.17, 15) is 18.0 Å². The third-order valence-corrected chi connectivity index (χ3v) is 2.51. The number of hydrogen-bond acceptors (Lipinski definition) is 2. The molecule has 0 aliphatic rings. The van der Waals surface area contributed by atoms with Crippen LogP contribution < -0.4 is 5.32 Å². The van der Waals surface area contributed by atoms with Crippen LogP contribution in [-0.4, -0.2) is 23.6 Å². The zero-order chi connectivity index (χ0) is 13.9. The number of carbonyl (C=O) groups excluding carboxylic acids is 1. The van der Waals surface area contributed by atoms with Gasteiger partial charge in [0.1, 0.15) is 12.2 Å². The van der Waals surface area contributed by atoms with Gasteiger partial charge in [0, 0.05) is 11.2 Å². The first-order valence-corrected chi connectivity index (χ1v) is 5.59. The van der Waals surface area contributed by atoms with Gasteiger partial charge < -0.3 is 5.32 Å². The maximum Gasteiger partial charge on any atom is 0.405 e. The van der Waals surface area contributed by atoms with Crippen LogP contribution in [0.25, 0.3) is 0 Å². The van der Waals surface area contributed by atoms with Crippen molar-refractivity contribution in [1.29, 1.82) is 0 Å². The quantitative estimate of drug-likeness (QED) is 0.924. The predicted molar refractivity (Wildman–Crippen MR) is 61.7 cm³/mol. The lowest BCUT2D eigenvalue weighted by Crippen LogP contribution is -2.34. The SMILES string of the molecule is CC(C)c1cnc(C(=O)NCC(F)(F)F)cc1Cl. The first-order chi connectivity index (χ1) is 8.20. The number of halogens is 4. The van der Waals surface area contributed by atoms with Crippen molar-refractivity contribution < 1.29 is 18.0 Å². The standard InChI is InChI=1S/C11H12ClF3N2O/c1-6(2)7-4-16-9(3-8(7)12)10(18)17-5-11(13,14)15/h3-4,6H,5H2,1-2H3,(H,17,18). The Balaban J connectivity index is 2.79. The van der Waals surface area contributed by atoms with Gasteiger partial charge in [-0.2, -0.15) is 13.2 Å². The molecule has 0 spiro atoms. The van der Waals surface area contributed by atoms with Crippen molar-refractivity contribution in [2.24, 2.45) is 0 Å². The van der Waals surface area contributed by atoms with Crippen molar-refractivity contribution in [1.82, 2.24) is 10.3 Å². The van der Waals surface area contributed by atoms with E-state index in [0.717, 1.165) is 5.56 Å². The number of hydrogen-bond donors (Lipinski definition) is 1. The zero-order valence-corrected chi connectivity index (χ0v) is 10.6. The lowest BCUT2D eigenvalue weighted by molar-refractivity contribution is -0.123. The molecular formula is C11H12ClF3N2O. The van der Waals surface area contributed by atoms with E-state index in [-0.39, 0.29) is 11.6 Å². The van der Waals surface area contributed by atoms with E-state index in [0.29, 0.717) is 5.02 Å². The average molecular weight is 281 g/mol. The van der Waals surface area contributed by atoms with Gasteiger partial charge >= 0.3 is 6.18 Å². The van der Waals surface area contributed by atoms with Gasteiger partial charge in [0.15, 0.2) is 0 Å². The number of rotatable bonds is 3. The van der Waals surface area contributed by atoms with Crippen LogP contribution in [0, 0.1) is 0 Å². The van der Waals surface area contributed by atoms with Gasteiger partial charge in [-0.3, -0.25) is 9.78 Å². The zero-order valence-electron chi connectivity index (χ0n) is 9.81. The fourth-order valence-corrected chi connectivity index (χ4v) is 1.63. The highest BCUT2D eigenvalue weighted by atomic mass is 35.5. The molecule has 1 N–H and O–H groups in total. The third-order valence-electron chi connectivity index (χ3n) is 2.19. The van der Waals surface area contributed by atoms with E-state index < -0.39 is 18.6 Å². The molecule has 0 saturated heterocycles. The van der Waals surface area contributed by atoms with Crippen LogP contribution in [0.15, 0.2) is 12.3 Å². The summed E-state index contributed by atoms with van der Waals surface area (Å²) in [6.45, 7) is 2.40. The van der Waals surface area contributed by atoms with E-state index in [1.807, 2.05) is 13.8 Å². The molecule has 0 bridgehead atoms. The van der Waals surface area contributed by atoms with E-state index in [1.165, 1.54) is 12.3 Å². The Morgan fingerprint density at radius 1 is 1.50 bits per heavy atom. The van der Waals surface area contributed by atoms with Crippen molar-refractivity contribution in [2.45, 2.75) is 25.9 Å². The number of amides is 1. The highest BCUT2D eigenvalue weighted by Crippen LogP contribution is 2.23. The molecule has 0 atom stereocenters. The summed E-state index contributed by atoms with van der Waals surface area (Å²) in [6.07, 6.45) is -3.05. The molecule has 1 amide bonds. The third kappa shape index (κ3) is 4.18. The summed E-state index contributed by atoms with van der Waals surface area (Å²) in [6, 6.07) is 1.27. The molecule has 0 saturated carbocycles. The van der Waals surface area contributed by atoms with Gasteiger partial charge in [-0.15, -0.1) is 0 Å². The molecule has 0 fully saturated rings. The Morgan fingerprint density at radius 3 is 2.56 bits per heavy atom. The van der Waals surface area contributed by atoms with Crippen LogP contribution in [0.5, 0.6) is 0 Å². The van der Waals surface area contributed by atoms with E-state index in [1.54, 1.807) is 5.32 Å². The van der Waals surface area contributed by atoms with E-state index in [2.05, 4.69) is 4.98 Å². The van der Waals surface area contributed by atoms with Gasteiger partial charge in [-0.05, 0) is 17.5 Å².